The fraction of sp³-hybridized carbons (Fsp3) is 0.857. The summed E-state index contributed by atoms with van der Waals surface area (Å²) in [7, 11) is 0. The number of thioether (sulfide) groups is 2. The predicted molar refractivity (Wildman–Crippen MR) is 92.2 cm³/mol. The highest BCUT2D eigenvalue weighted by molar-refractivity contribution is 8.21. The molecule has 21 heavy (non-hydrogen) atoms. The lowest BCUT2D eigenvalue weighted by Gasteiger charge is -2.27. The average Bonchev–Trinajstić information content (AvgIpc) is 2.88. The molecule has 122 valence electrons. The lowest BCUT2D eigenvalue weighted by molar-refractivity contribution is -0.143. The lowest BCUT2D eigenvalue weighted by atomic mass is 10.1. The van der Waals surface area contributed by atoms with Crippen molar-refractivity contribution in [3.05, 3.63) is 0 Å². The summed E-state index contributed by atoms with van der Waals surface area (Å²) in [5.41, 5.74) is 0. The van der Waals surface area contributed by atoms with Crippen LogP contribution in [0.3, 0.4) is 0 Å². The van der Waals surface area contributed by atoms with Crippen molar-refractivity contribution in [2.75, 3.05) is 24.7 Å². The van der Waals surface area contributed by atoms with E-state index < -0.39 is 0 Å². The van der Waals surface area contributed by atoms with Crippen molar-refractivity contribution in [2.24, 2.45) is 0 Å². The molecule has 0 bridgehead atoms. The van der Waals surface area contributed by atoms with Crippen LogP contribution in [-0.2, 0) is 19.1 Å². The molecule has 1 aliphatic rings. The zero-order valence-electron chi connectivity index (χ0n) is 12.6. The van der Waals surface area contributed by atoms with E-state index in [-0.39, 0.29) is 16.0 Å². The third-order valence-electron chi connectivity index (χ3n) is 3.15. The number of hydrogen-bond donors (Lipinski definition) is 1. The first-order valence-electron chi connectivity index (χ1n) is 7.29. The van der Waals surface area contributed by atoms with Crippen molar-refractivity contribution in [1.29, 1.82) is 0 Å². The Morgan fingerprint density at radius 3 is 2.05 bits per heavy atom. The number of carbonyl (C=O) groups is 2. The van der Waals surface area contributed by atoms with Gasteiger partial charge in [0.2, 0.25) is 0 Å². The Bertz CT molecular complexity index is 327. The fourth-order valence-electron chi connectivity index (χ4n) is 2.15. The molecule has 1 rings (SSSR count). The predicted octanol–water partition coefficient (Wildman–Crippen LogP) is 3.15. The summed E-state index contributed by atoms with van der Waals surface area (Å²) >= 11 is 8.05. The summed E-state index contributed by atoms with van der Waals surface area (Å²) in [5, 5.41) is 0.475. The zero-order valence-corrected chi connectivity index (χ0v) is 15.2. The Kier molecular flexibility index (Phi) is 8.97. The van der Waals surface area contributed by atoms with Crippen LogP contribution in [0.4, 0.5) is 0 Å². The Hall–Kier alpha value is -0.0100. The van der Waals surface area contributed by atoms with Gasteiger partial charge >= 0.3 is 11.9 Å². The summed E-state index contributed by atoms with van der Waals surface area (Å²) in [6, 6.07) is 0. The molecule has 1 fully saturated rings. The van der Waals surface area contributed by atoms with Gasteiger partial charge in [-0.1, -0.05) is 0 Å². The molecule has 4 nitrogen and oxygen atoms in total. The van der Waals surface area contributed by atoms with Gasteiger partial charge in [-0.05, 0) is 26.7 Å². The highest BCUT2D eigenvalue weighted by atomic mass is 32.2. The van der Waals surface area contributed by atoms with Gasteiger partial charge in [0.05, 0.1) is 17.3 Å². The van der Waals surface area contributed by atoms with Crippen LogP contribution in [0.25, 0.3) is 0 Å². The van der Waals surface area contributed by atoms with Gasteiger partial charge < -0.3 is 9.47 Å². The van der Waals surface area contributed by atoms with E-state index in [1.165, 1.54) is 0 Å². The first kappa shape index (κ1) is 19.0. The minimum absolute atomic E-state index is 0.0904. The maximum Gasteiger partial charge on any atom is 0.305 e. The van der Waals surface area contributed by atoms with Crippen LogP contribution >= 0.6 is 36.2 Å². The molecule has 7 heteroatoms. The summed E-state index contributed by atoms with van der Waals surface area (Å²) < 4.78 is 9.91. The second-order valence-corrected chi connectivity index (χ2v) is 8.47. The molecule has 0 aliphatic carbocycles. The van der Waals surface area contributed by atoms with Crippen molar-refractivity contribution >= 4 is 48.1 Å². The largest absolute Gasteiger partial charge is 0.466 e. The first-order chi connectivity index (χ1) is 10.0. The van der Waals surface area contributed by atoms with Gasteiger partial charge in [0.15, 0.2) is 0 Å². The molecule has 0 aromatic carbocycles. The van der Waals surface area contributed by atoms with Crippen molar-refractivity contribution in [3.8, 4) is 0 Å². The van der Waals surface area contributed by atoms with E-state index in [0.717, 1.165) is 24.3 Å². The number of carbonyl (C=O) groups excluding carboxylic acids is 2. The molecule has 0 amide bonds. The van der Waals surface area contributed by atoms with Gasteiger partial charge in [-0.2, -0.15) is 12.6 Å². The molecule has 1 heterocycles. The highest BCUT2D eigenvalue weighted by Crippen LogP contribution is 2.53. The molecule has 0 aromatic heterocycles. The van der Waals surface area contributed by atoms with E-state index in [9.17, 15) is 9.59 Å². The van der Waals surface area contributed by atoms with Gasteiger partial charge in [0, 0.05) is 29.6 Å². The Labute approximate surface area is 140 Å². The molecular formula is C14H24O4S3. The third kappa shape index (κ3) is 6.74. The molecule has 0 saturated carbocycles. The van der Waals surface area contributed by atoms with E-state index in [4.69, 9.17) is 9.47 Å². The summed E-state index contributed by atoms with van der Waals surface area (Å²) in [4.78, 5) is 23.2. The molecular weight excluding hydrogens is 328 g/mol. The van der Waals surface area contributed by atoms with Crippen molar-refractivity contribution in [2.45, 2.75) is 48.9 Å². The van der Waals surface area contributed by atoms with Crippen LogP contribution in [0.5, 0.6) is 0 Å². The van der Waals surface area contributed by atoms with Crippen LogP contribution in [-0.4, -0.2) is 46.0 Å². The summed E-state index contributed by atoms with van der Waals surface area (Å²) in [5.74, 6) is 1.50. The van der Waals surface area contributed by atoms with Crippen LogP contribution in [0, 0.1) is 0 Å². The topological polar surface area (TPSA) is 52.6 Å². The normalized spacial score (nSPS) is 20.2. The Morgan fingerprint density at radius 1 is 1.14 bits per heavy atom. The average molecular weight is 353 g/mol. The van der Waals surface area contributed by atoms with Crippen LogP contribution < -0.4 is 0 Å². The van der Waals surface area contributed by atoms with Crippen molar-refractivity contribution < 1.29 is 19.1 Å². The van der Waals surface area contributed by atoms with Gasteiger partial charge in [-0.15, -0.1) is 23.5 Å². The molecule has 0 N–H and O–H groups in total. The van der Waals surface area contributed by atoms with Crippen LogP contribution in [0.15, 0.2) is 0 Å². The number of thiol groups is 1. The smallest absolute Gasteiger partial charge is 0.305 e. The monoisotopic (exact) mass is 352 g/mol. The molecule has 0 aromatic rings. The molecule has 1 aliphatic heterocycles. The van der Waals surface area contributed by atoms with Crippen LogP contribution in [0.2, 0.25) is 0 Å². The minimum atomic E-state index is -0.163. The molecule has 1 atom stereocenters. The van der Waals surface area contributed by atoms with E-state index >= 15 is 0 Å². The number of esters is 2. The number of ether oxygens (including phenoxy) is 2. The third-order valence-corrected chi connectivity index (χ3v) is 7.70. The fourth-order valence-corrected chi connectivity index (χ4v) is 6.26. The number of rotatable bonds is 9. The van der Waals surface area contributed by atoms with Gasteiger partial charge in [0.25, 0.3) is 0 Å². The maximum absolute atomic E-state index is 11.6. The van der Waals surface area contributed by atoms with E-state index in [0.29, 0.717) is 31.3 Å². The van der Waals surface area contributed by atoms with E-state index in [2.05, 4.69) is 12.6 Å². The quantitative estimate of drug-likeness (QED) is 0.508. The molecule has 1 unspecified atom stereocenters. The minimum Gasteiger partial charge on any atom is -0.466 e. The Morgan fingerprint density at radius 2 is 1.67 bits per heavy atom. The summed E-state index contributed by atoms with van der Waals surface area (Å²) in [6.07, 6.45) is 2.25. The van der Waals surface area contributed by atoms with Gasteiger partial charge in [-0.25, -0.2) is 0 Å². The highest BCUT2D eigenvalue weighted by Gasteiger charge is 2.40. The van der Waals surface area contributed by atoms with Crippen molar-refractivity contribution in [3.63, 3.8) is 0 Å². The second kappa shape index (κ2) is 9.90. The summed E-state index contributed by atoms with van der Waals surface area (Å²) in [6.45, 7) is 4.44. The van der Waals surface area contributed by atoms with Crippen molar-refractivity contribution in [1.82, 2.24) is 0 Å². The van der Waals surface area contributed by atoms with E-state index in [1.807, 2.05) is 37.4 Å². The van der Waals surface area contributed by atoms with E-state index in [1.54, 1.807) is 0 Å². The SMILES string of the molecule is CCOC(=O)CCC1(CCC(=O)OCC)SCC(CS)S1. The molecule has 0 radical (unpaired) electrons. The number of hydrogen-bond acceptors (Lipinski definition) is 7. The standard InChI is InChI=1S/C14H24O4S3/c1-3-17-12(15)5-7-14(8-6-13(16)18-4-2)20-10-11(9-19)21-14/h11,19H,3-10H2,1-2H3. The maximum atomic E-state index is 11.6. The lowest BCUT2D eigenvalue weighted by Crippen LogP contribution is -2.22. The first-order valence-corrected chi connectivity index (χ1v) is 9.79. The van der Waals surface area contributed by atoms with Crippen LogP contribution in [0.1, 0.15) is 39.5 Å². The van der Waals surface area contributed by atoms with Gasteiger partial charge in [0.1, 0.15) is 0 Å². The molecule has 1 saturated heterocycles. The zero-order chi connectivity index (χ0) is 15.7. The van der Waals surface area contributed by atoms with Gasteiger partial charge in [-0.3, -0.25) is 9.59 Å². The second-order valence-electron chi connectivity index (χ2n) is 4.75. The Balaban J connectivity index is 2.54. The molecule has 0 spiro atoms.